The van der Waals surface area contributed by atoms with Crippen LogP contribution in [0.3, 0.4) is 0 Å². The van der Waals surface area contributed by atoms with Gasteiger partial charge in [-0.2, -0.15) is 5.26 Å². The van der Waals surface area contributed by atoms with Crippen molar-refractivity contribution in [2.24, 2.45) is 0 Å². The molecule has 0 atom stereocenters. The first-order chi connectivity index (χ1) is 11.6. The summed E-state index contributed by atoms with van der Waals surface area (Å²) in [5, 5.41) is 18.2. The molecule has 1 aromatic carbocycles. The molecule has 2 N–H and O–H groups in total. The van der Waals surface area contributed by atoms with Crippen molar-refractivity contribution >= 4 is 23.2 Å². The van der Waals surface area contributed by atoms with Gasteiger partial charge in [-0.3, -0.25) is 4.79 Å². The molecule has 8 heteroatoms. The molecule has 3 rings (SSSR count). The largest absolute Gasteiger partial charge is 0.360 e. The standard InChI is InChI=1S/C16H12N6O2/c1-10-6-15(22-24-10)21-14-7-13(18-9-19-14)16(23)20-12-4-2-11(8-17)3-5-12/h2-7,9H,1H3,(H,20,23)(H,18,19,21,22). The molecule has 0 radical (unpaired) electrons. The zero-order chi connectivity index (χ0) is 16.9. The van der Waals surface area contributed by atoms with Crippen LogP contribution in [-0.2, 0) is 0 Å². The lowest BCUT2D eigenvalue weighted by atomic mass is 10.2. The quantitative estimate of drug-likeness (QED) is 0.758. The molecule has 0 bridgehead atoms. The van der Waals surface area contributed by atoms with Crippen molar-refractivity contribution in [3.05, 3.63) is 59.7 Å². The molecule has 0 aliphatic heterocycles. The third-order valence-corrected chi connectivity index (χ3v) is 3.06. The summed E-state index contributed by atoms with van der Waals surface area (Å²) in [6.45, 7) is 1.77. The van der Waals surface area contributed by atoms with Crippen molar-refractivity contribution in [3.63, 3.8) is 0 Å². The average molecular weight is 320 g/mol. The Morgan fingerprint density at radius 1 is 1.17 bits per heavy atom. The number of hydrogen-bond acceptors (Lipinski definition) is 7. The molecule has 0 spiro atoms. The van der Waals surface area contributed by atoms with Crippen LogP contribution in [0.1, 0.15) is 21.8 Å². The number of nitriles is 1. The summed E-state index contributed by atoms with van der Waals surface area (Å²) in [5.41, 5.74) is 1.28. The van der Waals surface area contributed by atoms with Gasteiger partial charge in [-0.15, -0.1) is 0 Å². The molecule has 0 fully saturated rings. The third kappa shape index (κ3) is 3.53. The summed E-state index contributed by atoms with van der Waals surface area (Å²) < 4.78 is 4.95. The molecule has 8 nitrogen and oxygen atoms in total. The Labute approximate surface area is 137 Å². The molecule has 0 aliphatic rings. The minimum absolute atomic E-state index is 0.192. The number of hydrogen-bond donors (Lipinski definition) is 2. The second-order valence-corrected chi connectivity index (χ2v) is 4.88. The van der Waals surface area contributed by atoms with E-state index in [4.69, 9.17) is 9.78 Å². The molecule has 3 aromatic rings. The van der Waals surface area contributed by atoms with E-state index in [1.807, 2.05) is 6.07 Å². The molecule has 0 saturated carbocycles. The van der Waals surface area contributed by atoms with Crippen LogP contribution in [-0.4, -0.2) is 21.0 Å². The first kappa shape index (κ1) is 15.2. The molecular formula is C16H12N6O2. The summed E-state index contributed by atoms with van der Waals surface area (Å²) in [6.07, 6.45) is 1.28. The van der Waals surface area contributed by atoms with Crippen molar-refractivity contribution in [2.45, 2.75) is 6.92 Å². The predicted octanol–water partition coefficient (Wildman–Crippen LogP) is 2.64. The van der Waals surface area contributed by atoms with E-state index in [0.29, 0.717) is 28.6 Å². The number of aromatic nitrogens is 3. The van der Waals surface area contributed by atoms with Gasteiger partial charge in [0.1, 0.15) is 23.6 Å². The Bertz CT molecular complexity index is 911. The third-order valence-electron chi connectivity index (χ3n) is 3.06. The first-order valence-corrected chi connectivity index (χ1v) is 6.98. The molecule has 0 saturated heterocycles. The lowest BCUT2D eigenvalue weighted by molar-refractivity contribution is 0.102. The first-order valence-electron chi connectivity index (χ1n) is 6.98. The Kier molecular flexibility index (Phi) is 4.16. The zero-order valence-corrected chi connectivity index (χ0v) is 12.6. The van der Waals surface area contributed by atoms with Gasteiger partial charge in [0.2, 0.25) is 0 Å². The Morgan fingerprint density at radius 3 is 2.62 bits per heavy atom. The lowest BCUT2D eigenvalue weighted by Gasteiger charge is -2.06. The second-order valence-electron chi connectivity index (χ2n) is 4.88. The number of amides is 1. The number of nitrogens with one attached hydrogen (secondary N) is 2. The highest BCUT2D eigenvalue weighted by atomic mass is 16.5. The van der Waals surface area contributed by atoms with Crippen LogP contribution in [0.25, 0.3) is 0 Å². The number of anilines is 3. The average Bonchev–Trinajstić information content (AvgIpc) is 3.00. The van der Waals surface area contributed by atoms with Gasteiger partial charge >= 0.3 is 0 Å². The van der Waals surface area contributed by atoms with Crippen LogP contribution >= 0.6 is 0 Å². The second kappa shape index (κ2) is 6.58. The van der Waals surface area contributed by atoms with E-state index in [-0.39, 0.29) is 11.6 Å². The van der Waals surface area contributed by atoms with Crippen LogP contribution in [0.5, 0.6) is 0 Å². The normalized spacial score (nSPS) is 10.0. The Hall–Kier alpha value is -3.73. The van der Waals surface area contributed by atoms with Crippen LogP contribution in [0.4, 0.5) is 17.3 Å². The highest BCUT2D eigenvalue weighted by molar-refractivity contribution is 6.03. The van der Waals surface area contributed by atoms with Crippen molar-refractivity contribution < 1.29 is 9.32 Å². The number of carbonyl (C=O) groups excluding carboxylic acids is 1. The topological polar surface area (TPSA) is 117 Å². The van der Waals surface area contributed by atoms with Gasteiger partial charge in [-0.1, -0.05) is 5.16 Å². The number of rotatable bonds is 4. The van der Waals surface area contributed by atoms with E-state index >= 15 is 0 Å². The Balaban J connectivity index is 1.72. The summed E-state index contributed by atoms with van der Waals surface area (Å²) in [4.78, 5) is 20.2. The maximum atomic E-state index is 12.2. The number of benzene rings is 1. The van der Waals surface area contributed by atoms with Crippen LogP contribution < -0.4 is 10.6 Å². The minimum atomic E-state index is -0.388. The van der Waals surface area contributed by atoms with Gasteiger partial charge in [-0.05, 0) is 31.2 Å². The van der Waals surface area contributed by atoms with Gasteiger partial charge < -0.3 is 15.2 Å². The molecule has 0 aliphatic carbocycles. The highest BCUT2D eigenvalue weighted by Crippen LogP contribution is 2.15. The number of carbonyl (C=O) groups is 1. The zero-order valence-electron chi connectivity index (χ0n) is 12.6. The van der Waals surface area contributed by atoms with E-state index in [9.17, 15) is 4.79 Å². The van der Waals surface area contributed by atoms with E-state index in [1.165, 1.54) is 12.4 Å². The van der Waals surface area contributed by atoms with Crippen LogP contribution in [0.15, 0.2) is 47.2 Å². The van der Waals surface area contributed by atoms with Gasteiger partial charge in [0.25, 0.3) is 5.91 Å². The van der Waals surface area contributed by atoms with E-state index < -0.39 is 0 Å². The van der Waals surface area contributed by atoms with Gasteiger partial charge in [0.05, 0.1) is 11.6 Å². The maximum Gasteiger partial charge on any atom is 0.274 e. The Morgan fingerprint density at radius 2 is 1.96 bits per heavy atom. The fraction of sp³-hybridized carbons (Fsp3) is 0.0625. The summed E-state index contributed by atoms with van der Waals surface area (Å²) in [6, 6.07) is 11.8. The predicted molar refractivity (Wildman–Crippen MR) is 85.7 cm³/mol. The van der Waals surface area contributed by atoms with Crippen molar-refractivity contribution in [2.75, 3.05) is 10.6 Å². The summed E-state index contributed by atoms with van der Waals surface area (Å²) in [5.74, 6) is 1.18. The van der Waals surface area contributed by atoms with Crippen molar-refractivity contribution in [1.29, 1.82) is 5.26 Å². The highest BCUT2D eigenvalue weighted by Gasteiger charge is 2.10. The van der Waals surface area contributed by atoms with Gasteiger partial charge in [-0.25, -0.2) is 9.97 Å². The molecule has 0 unspecified atom stereocenters. The van der Waals surface area contributed by atoms with E-state index in [1.54, 1.807) is 37.3 Å². The van der Waals surface area contributed by atoms with Gasteiger partial charge in [0, 0.05) is 17.8 Å². The van der Waals surface area contributed by atoms with Crippen LogP contribution in [0, 0.1) is 18.3 Å². The van der Waals surface area contributed by atoms with E-state index in [2.05, 4.69) is 25.8 Å². The number of nitrogens with zero attached hydrogens (tertiary/aromatic N) is 4. The monoisotopic (exact) mass is 320 g/mol. The van der Waals surface area contributed by atoms with Crippen molar-refractivity contribution in [3.8, 4) is 6.07 Å². The number of aryl methyl sites for hydroxylation is 1. The molecule has 24 heavy (non-hydrogen) atoms. The molecule has 2 aromatic heterocycles. The minimum Gasteiger partial charge on any atom is -0.360 e. The molecule has 118 valence electrons. The van der Waals surface area contributed by atoms with E-state index in [0.717, 1.165) is 0 Å². The smallest absolute Gasteiger partial charge is 0.274 e. The SMILES string of the molecule is Cc1cc(Nc2cc(C(=O)Nc3ccc(C#N)cc3)ncn2)no1. The van der Waals surface area contributed by atoms with Crippen LogP contribution in [0.2, 0.25) is 0 Å². The maximum absolute atomic E-state index is 12.2. The molecular weight excluding hydrogens is 308 g/mol. The molecule has 2 heterocycles. The molecule has 1 amide bonds. The van der Waals surface area contributed by atoms with Crippen molar-refractivity contribution in [1.82, 2.24) is 15.1 Å². The summed E-state index contributed by atoms with van der Waals surface area (Å²) in [7, 11) is 0. The lowest BCUT2D eigenvalue weighted by Crippen LogP contribution is -2.14. The fourth-order valence-electron chi connectivity index (χ4n) is 1.93. The summed E-state index contributed by atoms with van der Waals surface area (Å²) >= 11 is 0. The van der Waals surface area contributed by atoms with Gasteiger partial charge in [0.15, 0.2) is 5.82 Å². The fourth-order valence-corrected chi connectivity index (χ4v) is 1.93.